The van der Waals surface area contributed by atoms with Crippen molar-refractivity contribution in [1.82, 2.24) is 19.5 Å². The lowest BCUT2D eigenvalue weighted by molar-refractivity contribution is -0.141. The molecule has 0 amide bonds. The van der Waals surface area contributed by atoms with Crippen LogP contribution in [-0.4, -0.2) is 49.1 Å². The van der Waals surface area contributed by atoms with Crippen LogP contribution in [0, 0.1) is 0 Å². The Morgan fingerprint density at radius 1 is 1.28 bits per heavy atom. The van der Waals surface area contributed by atoms with E-state index in [9.17, 15) is 17.7 Å². The van der Waals surface area contributed by atoms with E-state index in [-0.39, 0.29) is 11.6 Å². The predicted molar refractivity (Wildman–Crippen MR) is 98.9 cm³/mol. The average Bonchev–Trinajstić information content (AvgIpc) is 2.99. The molecule has 154 valence electrons. The molecule has 3 aromatic heterocycles. The van der Waals surface area contributed by atoms with E-state index >= 15 is 0 Å². The second-order valence-electron chi connectivity index (χ2n) is 6.48. The third-order valence-electron chi connectivity index (χ3n) is 4.51. The van der Waals surface area contributed by atoms with Crippen molar-refractivity contribution in [2.24, 2.45) is 7.05 Å². The van der Waals surface area contributed by atoms with Crippen molar-refractivity contribution in [3.05, 3.63) is 30.2 Å². The predicted octanol–water partition coefficient (Wildman–Crippen LogP) is 2.95. The zero-order valence-corrected chi connectivity index (χ0v) is 16.4. The van der Waals surface area contributed by atoms with Gasteiger partial charge in [-0.25, -0.2) is 15.0 Å². The molecule has 1 unspecified atom stereocenters. The third kappa shape index (κ3) is 3.77. The Morgan fingerprint density at radius 2 is 2.03 bits per heavy atom. The quantitative estimate of drug-likeness (QED) is 0.583. The van der Waals surface area contributed by atoms with Crippen LogP contribution in [0.1, 0.15) is 12.6 Å². The summed E-state index contributed by atoms with van der Waals surface area (Å²) in [5.74, 6) is 1.10. The first-order valence-electron chi connectivity index (χ1n) is 8.80. The first kappa shape index (κ1) is 19.9. The monoisotopic (exact) mass is 426 g/mol. The van der Waals surface area contributed by atoms with Crippen LogP contribution in [0.2, 0.25) is 0 Å². The zero-order chi connectivity index (χ0) is 20.8. The molecule has 1 saturated heterocycles. The molecule has 1 fully saturated rings. The molecule has 3 aromatic rings. The van der Waals surface area contributed by atoms with Gasteiger partial charge in [0.2, 0.25) is 0 Å². The van der Waals surface area contributed by atoms with Crippen molar-refractivity contribution in [3.63, 3.8) is 0 Å². The van der Waals surface area contributed by atoms with Gasteiger partial charge in [0.1, 0.15) is 23.3 Å². The largest absolute Gasteiger partial charge is 0.611 e. The lowest BCUT2D eigenvalue weighted by Crippen LogP contribution is -2.38. The minimum absolute atomic E-state index is 0.0758. The number of nitrogens with zero attached hydrogens (tertiary/aromatic N) is 4. The van der Waals surface area contributed by atoms with E-state index in [2.05, 4.69) is 15.0 Å². The smallest absolute Gasteiger partial charge is 0.433 e. The van der Waals surface area contributed by atoms with Crippen LogP contribution >= 0.6 is 0 Å². The Balaban J connectivity index is 1.80. The van der Waals surface area contributed by atoms with Crippen LogP contribution in [0.4, 0.5) is 13.2 Å². The van der Waals surface area contributed by atoms with Gasteiger partial charge in [-0.15, -0.1) is 0 Å². The second kappa shape index (κ2) is 7.47. The zero-order valence-electron chi connectivity index (χ0n) is 15.6. The van der Waals surface area contributed by atoms with E-state index in [1.807, 2.05) is 0 Å². The highest BCUT2D eigenvalue weighted by molar-refractivity contribution is 7.91. The average molecular weight is 426 g/mol. The number of ether oxygens (including phenoxy) is 2. The number of rotatable bonds is 5. The van der Waals surface area contributed by atoms with E-state index in [0.717, 1.165) is 12.3 Å². The summed E-state index contributed by atoms with van der Waals surface area (Å²) in [4.78, 5) is 12.6. The highest BCUT2D eigenvalue weighted by Gasteiger charge is 2.33. The molecule has 1 aliphatic rings. The fraction of sp³-hybridized carbons (Fsp3) is 0.389. The van der Waals surface area contributed by atoms with Gasteiger partial charge in [0.25, 0.3) is 0 Å². The van der Waals surface area contributed by atoms with Gasteiger partial charge in [-0.1, -0.05) is 0 Å². The SMILES string of the molecule is CC[S+]([O-])c1cc(OC2COC2)cnc1-c1nc2cc(C(F)(F)F)ncc2n1C. The van der Waals surface area contributed by atoms with E-state index in [4.69, 9.17) is 9.47 Å². The number of fused-ring (bicyclic) bond motifs is 1. The molecule has 7 nitrogen and oxygen atoms in total. The van der Waals surface area contributed by atoms with Gasteiger partial charge in [0, 0.05) is 13.1 Å². The molecule has 11 heteroatoms. The Morgan fingerprint density at radius 3 is 2.66 bits per heavy atom. The Bertz CT molecular complexity index is 1050. The van der Waals surface area contributed by atoms with E-state index in [0.29, 0.717) is 46.6 Å². The maximum atomic E-state index is 13.0. The summed E-state index contributed by atoms with van der Waals surface area (Å²) in [6, 6.07) is 2.53. The number of pyridine rings is 2. The molecular weight excluding hydrogens is 409 g/mol. The lowest BCUT2D eigenvalue weighted by Gasteiger charge is -2.26. The molecule has 29 heavy (non-hydrogen) atoms. The van der Waals surface area contributed by atoms with E-state index in [1.165, 1.54) is 6.20 Å². The van der Waals surface area contributed by atoms with Crippen LogP contribution < -0.4 is 4.74 Å². The number of aromatic nitrogens is 4. The molecule has 0 saturated carbocycles. The van der Waals surface area contributed by atoms with Crippen molar-refractivity contribution in [2.45, 2.75) is 24.1 Å². The van der Waals surface area contributed by atoms with Crippen LogP contribution in [0.3, 0.4) is 0 Å². The topological polar surface area (TPSA) is 85.1 Å². The normalized spacial score (nSPS) is 16.1. The standard InChI is InChI=1S/C18H17F3N4O3S/c1-3-29(26)14-4-10(28-11-8-27-9-11)6-23-16(14)17-24-12-5-15(18(19,20)21)22-7-13(12)25(17)2/h4-7,11H,3,8-9H2,1-2H3. The molecule has 0 bridgehead atoms. The minimum atomic E-state index is -4.57. The summed E-state index contributed by atoms with van der Waals surface area (Å²) in [6.07, 6.45) is -2.03. The van der Waals surface area contributed by atoms with Crippen LogP contribution in [0.25, 0.3) is 22.6 Å². The van der Waals surface area contributed by atoms with Gasteiger partial charge in [-0.2, -0.15) is 13.2 Å². The van der Waals surface area contributed by atoms with Gasteiger partial charge >= 0.3 is 6.18 Å². The fourth-order valence-corrected chi connectivity index (χ4v) is 3.84. The van der Waals surface area contributed by atoms with Gasteiger partial charge < -0.3 is 18.6 Å². The summed E-state index contributed by atoms with van der Waals surface area (Å²) in [5, 5.41) is 0. The summed E-state index contributed by atoms with van der Waals surface area (Å²) in [5.41, 5.74) is -0.150. The fourth-order valence-electron chi connectivity index (χ4n) is 2.92. The van der Waals surface area contributed by atoms with Gasteiger partial charge in [-0.05, 0) is 24.2 Å². The summed E-state index contributed by atoms with van der Waals surface area (Å²) >= 11 is -1.38. The Kier molecular flexibility index (Phi) is 5.13. The van der Waals surface area contributed by atoms with Crippen molar-refractivity contribution in [1.29, 1.82) is 0 Å². The molecule has 4 heterocycles. The van der Waals surface area contributed by atoms with E-state index < -0.39 is 23.0 Å². The Hall–Kier alpha value is -2.37. The van der Waals surface area contributed by atoms with Gasteiger partial charge in [0.15, 0.2) is 16.4 Å². The number of imidazole rings is 1. The van der Waals surface area contributed by atoms with Crippen LogP contribution in [0.5, 0.6) is 5.75 Å². The number of alkyl halides is 3. The Labute approximate surface area is 167 Å². The highest BCUT2D eigenvalue weighted by atomic mass is 32.2. The highest BCUT2D eigenvalue weighted by Crippen LogP contribution is 2.33. The van der Waals surface area contributed by atoms with Gasteiger partial charge in [-0.3, -0.25) is 0 Å². The molecule has 0 N–H and O–H groups in total. The number of hydrogen-bond donors (Lipinski definition) is 0. The summed E-state index contributed by atoms with van der Waals surface area (Å²) in [6.45, 7) is 2.72. The third-order valence-corrected chi connectivity index (χ3v) is 5.84. The lowest BCUT2D eigenvalue weighted by atomic mass is 10.3. The molecule has 1 aliphatic heterocycles. The molecule has 0 aliphatic carbocycles. The second-order valence-corrected chi connectivity index (χ2v) is 8.19. The molecular formula is C18H17F3N4O3S. The first-order valence-corrected chi connectivity index (χ1v) is 10.1. The summed E-state index contributed by atoms with van der Waals surface area (Å²) in [7, 11) is 1.65. The van der Waals surface area contributed by atoms with Gasteiger partial charge in [0.05, 0.1) is 36.6 Å². The molecule has 1 atom stereocenters. The molecule has 0 radical (unpaired) electrons. The van der Waals surface area contributed by atoms with Crippen molar-refractivity contribution < 1.29 is 27.2 Å². The number of aryl methyl sites for hydroxylation is 1. The first-order chi connectivity index (χ1) is 13.8. The van der Waals surface area contributed by atoms with Crippen LogP contribution in [-0.2, 0) is 29.1 Å². The van der Waals surface area contributed by atoms with Crippen LogP contribution in [0.15, 0.2) is 29.4 Å². The van der Waals surface area contributed by atoms with Crippen molar-refractivity contribution in [2.75, 3.05) is 19.0 Å². The number of hydrogen-bond acceptors (Lipinski definition) is 6. The number of halogens is 3. The van der Waals surface area contributed by atoms with Crippen molar-refractivity contribution >= 4 is 22.2 Å². The maximum absolute atomic E-state index is 13.0. The minimum Gasteiger partial charge on any atom is -0.611 e. The molecule has 0 aromatic carbocycles. The maximum Gasteiger partial charge on any atom is 0.433 e. The molecule has 4 rings (SSSR count). The molecule has 0 spiro atoms. The summed E-state index contributed by atoms with van der Waals surface area (Å²) < 4.78 is 63.9. The van der Waals surface area contributed by atoms with Crippen molar-refractivity contribution in [3.8, 4) is 17.3 Å². The van der Waals surface area contributed by atoms with E-state index in [1.54, 1.807) is 24.6 Å².